The summed E-state index contributed by atoms with van der Waals surface area (Å²) < 4.78 is 0. The molecular weight excluding hydrogens is 404 g/mol. The zero-order valence-electron chi connectivity index (χ0n) is 19.1. The molecule has 0 aliphatic rings. The number of rotatable bonds is 13. The van der Waals surface area contributed by atoms with E-state index in [2.05, 4.69) is 49.5 Å². The molecular formula is C26H36N2O2S. The van der Waals surface area contributed by atoms with Gasteiger partial charge in [0, 0.05) is 18.8 Å². The van der Waals surface area contributed by atoms with Crippen LogP contribution in [0.2, 0.25) is 0 Å². The average Bonchev–Trinajstić information content (AvgIpc) is 2.77. The number of hydrogen-bond donors (Lipinski definition) is 1. The van der Waals surface area contributed by atoms with Gasteiger partial charge in [-0.25, -0.2) is 0 Å². The lowest BCUT2D eigenvalue weighted by molar-refractivity contribution is -0.138. The molecule has 2 amide bonds. The molecule has 0 aliphatic heterocycles. The van der Waals surface area contributed by atoms with E-state index in [0.29, 0.717) is 25.3 Å². The molecule has 0 heterocycles. The van der Waals surface area contributed by atoms with Gasteiger partial charge in [-0.05, 0) is 37.3 Å². The molecule has 4 nitrogen and oxygen atoms in total. The fourth-order valence-corrected chi connectivity index (χ4v) is 4.40. The number of carbonyl (C=O) groups is 2. The van der Waals surface area contributed by atoms with Gasteiger partial charge >= 0.3 is 0 Å². The van der Waals surface area contributed by atoms with Gasteiger partial charge < -0.3 is 10.2 Å². The van der Waals surface area contributed by atoms with E-state index in [-0.39, 0.29) is 11.8 Å². The summed E-state index contributed by atoms with van der Waals surface area (Å²) in [6.07, 6.45) is 3.34. The van der Waals surface area contributed by atoms with E-state index < -0.39 is 6.04 Å². The number of nitrogens with one attached hydrogen (secondary N) is 1. The van der Waals surface area contributed by atoms with Crippen molar-refractivity contribution >= 4 is 23.6 Å². The minimum Gasteiger partial charge on any atom is -0.354 e. The molecule has 0 unspecified atom stereocenters. The third-order valence-corrected chi connectivity index (χ3v) is 6.26. The standard InChI is InChI=1S/C26H36N2O2S/c1-4-6-16-27-26(30)24(5-2)28(17-15-22-12-8-7-9-13-22)25(29)20-31-19-23-14-10-11-21(3)18-23/h7-14,18,24H,4-6,15-17,19-20H2,1-3H3,(H,27,30)/t24-/m1/s1. The van der Waals surface area contributed by atoms with Crippen molar-refractivity contribution in [2.24, 2.45) is 0 Å². The Balaban J connectivity index is 2.03. The minimum atomic E-state index is -0.423. The van der Waals surface area contributed by atoms with E-state index in [1.165, 1.54) is 16.7 Å². The van der Waals surface area contributed by atoms with Crippen LogP contribution < -0.4 is 5.32 Å². The Morgan fingerprint density at radius 3 is 2.45 bits per heavy atom. The molecule has 31 heavy (non-hydrogen) atoms. The van der Waals surface area contributed by atoms with Crippen molar-refractivity contribution in [2.45, 2.75) is 58.2 Å². The summed E-state index contributed by atoms with van der Waals surface area (Å²) in [5.41, 5.74) is 3.62. The second kappa shape index (κ2) is 13.9. The lowest BCUT2D eigenvalue weighted by Crippen LogP contribution is -2.50. The molecule has 0 fully saturated rings. The summed E-state index contributed by atoms with van der Waals surface area (Å²) >= 11 is 1.61. The lowest BCUT2D eigenvalue weighted by atomic mass is 10.1. The van der Waals surface area contributed by atoms with Crippen LogP contribution in [0.25, 0.3) is 0 Å². The smallest absolute Gasteiger partial charge is 0.242 e. The number of thioether (sulfide) groups is 1. The van der Waals surface area contributed by atoms with E-state index in [1.54, 1.807) is 16.7 Å². The summed E-state index contributed by atoms with van der Waals surface area (Å²) in [5, 5.41) is 3.02. The van der Waals surface area contributed by atoms with E-state index in [1.807, 2.05) is 31.2 Å². The molecule has 0 saturated carbocycles. The van der Waals surface area contributed by atoms with Crippen LogP contribution in [0.5, 0.6) is 0 Å². The molecule has 0 aliphatic carbocycles. The van der Waals surface area contributed by atoms with Crippen molar-refractivity contribution in [3.05, 3.63) is 71.3 Å². The Morgan fingerprint density at radius 2 is 1.77 bits per heavy atom. The monoisotopic (exact) mass is 440 g/mol. The topological polar surface area (TPSA) is 49.4 Å². The Bertz CT molecular complexity index is 810. The maximum Gasteiger partial charge on any atom is 0.242 e. The zero-order chi connectivity index (χ0) is 22.5. The Hall–Kier alpha value is -2.27. The Labute approximate surface area is 191 Å². The number of aryl methyl sites for hydroxylation is 1. The summed E-state index contributed by atoms with van der Waals surface area (Å²) in [4.78, 5) is 27.8. The number of nitrogens with zero attached hydrogens (tertiary/aromatic N) is 1. The molecule has 2 rings (SSSR count). The third kappa shape index (κ3) is 8.78. The van der Waals surface area contributed by atoms with Crippen molar-refractivity contribution in [2.75, 3.05) is 18.8 Å². The maximum atomic E-state index is 13.2. The highest BCUT2D eigenvalue weighted by molar-refractivity contribution is 7.99. The molecule has 5 heteroatoms. The van der Waals surface area contributed by atoms with Gasteiger partial charge in [0.25, 0.3) is 0 Å². The van der Waals surface area contributed by atoms with Crippen LogP contribution in [0, 0.1) is 6.92 Å². The minimum absolute atomic E-state index is 0.0334. The zero-order valence-corrected chi connectivity index (χ0v) is 19.9. The molecule has 0 aromatic heterocycles. The van der Waals surface area contributed by atoms with E-state index >= 15 is 0 Å². The van der Waals surface area contributed by atoms with E-state index in [0.717, 1.165) is 25.0 Å². The number of benzene rings is 2. The number of hydrogen-bond acceptors (Lipinski definition) is 3. The van der Waals surface area contributed by atoms with Crippen molar-refractivity contribution in [3.8, 4) is 0 Å². The van der Waals surface area contributed by atoms with Crippen LogP contribution in [0.15, 0.2) is 54.6 Å². The lowest BCUT2D eigenvalue weighted by Gasteiger charge is -2.30. The molecule has 1 atom stereocenters. The van der Waals surface area contributed by atoms with Gasteiger partial charge in [0.2, 0.25) is 11.8 Å². The molecule has 168 valence electrons. The van der Waals surface area contributed by atoms with Crippen LogP contribution in [0.1, 0.15) is 49.8 Å². The van der Waals surface area contributed by atoms with Gasteiger partial charge in [-0.15, -0.1) is 11.8 Å². The normalized spacial score (nSPS) is 11.7. The second-order valence-corrected chi connectivity index (χ2v) is 8.86. The summed E-state index contributed by atoms with van der Waals surface area (Å²) in [5.74, 6) is 1.16. The molecule has 0 radical (unpaired) electrons. The number of amides is 2. The van der Waals surface area contributed by atoms with Crippen molar-refractivity contribution in [1.82, 2.24) is 10.2 Å². The van der Waals surface area contributed by atoms with E-state index in [9.17, 15) is 9.59 Å². The number of unbranched alkanes of at least 4 members (excludes halogenated alkanes) is 1. The SMILES string of the molecule is CCCCNC(=O)[C@@H](CC)N(CCc1ccccc1)C(=O)CSCc1cccc(C)c1. The van der Waals surface area contributed by atoms with Gasteiger partial charge in [-0.1, -0.05) is 80.4 Å². The fraction of sp³-hybridized carbons (Fsp3) is 0.462. The maximum absolute atomic E-state index is 13.2. The predicted molar refractivity (Wildman–Crippen MR) is 131 cm³/mol. The third-order valence-electron chi connectivity index (χ3n) is 5.28. The van der Waals surface area contributed by atoms with Crippen LogP contribution in [-0.2, 0) is 21.8 Å². The van der Waals surface area contributed by atoms with E-state index in [4.69, 9.17) is 0 Å². The largest absolute Gasteiger partial charge is 0.354 e. The molecule has 0 saturated heterocycles. The fourth-order valence-electron chi connectivity index (χ4n) is 3.54. The van der Waals surface area contributed by atoms with Crippen molar-refractivity contribution in [3.63, 3.8) is 0 Å². The quantitative estimate of drug-likeness (QED) is 0.446. The molecule has 1 N–H and O–H groups in total. The second-order valence-electron chi connectivity index (χ2n) is 7.87. The highest BCUT2D eigenvalue weighted by Gasteiger charge is 2.27. The molecule has 0 spiro atoms. The first-order chi connectivity index (χ1) is 15.0. The van der Waals surface area contributed by atoms with Gasteiger partial charge in [-0.3, -0.25) is 9.59 Å². The Kier molecular flexibility index (Phi) is 11.2. The summed E-state index contributed by atoms with van der Waals surface area (Å²) in [6, 6.07) is 18.1. The molecule has 0 bridgehead atoms. The van der Waals surface area contributed by atoms with Gasteiger partial charge in [-0.2, -0.15) is 0 Å². The van der Waals surface area contributed by atoms with Crippen LogP contribution in [-0.4, -0.2) is 41.6 Å². The van der Waals surface area contributed by atoms with Crippen LogP contribution >= 0.6 is 11.8 Å². The Morgan fingerprint density at radius 1 is 1.03 bits per heavy atom. The first-order valence-electron chi connectivity index (χ1n) is 11.3. The molecule has 2 aromatic rings. The summed E-state index contributed by atoms with van der Waals surface area (Å²) in [7, 11) is 0. The van der Waals surface area contributed by atoms with Crippen LogP contribution in [0.3, 0.4) is 0 Å². The average molecular weight is 441 g/mol. The first kappa shape index (κ1) is 25.0. The number of carbonyl (C=O) groups excluding carboxylic acids is 2. The van der Waals surface area contributed by atoms with Crippen molar-refractivity contribution in [1.29, 1.82) is 0 Å². The highest BCUT2D eigenvalue weighted by Crippen LogP contribution is 2.16. The molecule has 2 aromatic carbocycles. The summed E-state index contributed by atoms with van der Waals surface area (Å²) in [6.45, 7) is 7.37. The first-order valence-corrected chi connectivity index (χ1v) is 12.4. The highest BCUT2D eigenvalue weighted by atomic mass is 32.2. The van der Waals surface area contributed by atoms with Crippen LogP contribution in [0.4, 0.5) is 0 Å². The van der Waals surface area contributed by atoms with Gasteiger partial charge in [0.15, 0.2) is 0 Å². The van der Waals surface area contributed by atoms with Gasteiger partial charge in [0.05, 0.1) is 5.75 Å². The predicted octanol–water partition coefficient (Wildman–Crippen LogP) is 4.99. The van der Waals surface area contributed by atoms with Crippen molar-refractivity contribution < 1.29 is 9.59 Å². The van der Waals surface area contributed by atoms with Gasteiger partial charge in [0.1, 0.15) is 6.04 Å².